The fraction of sp³-hybridized carbons (Fsp3) is 0.286. The quantitative estimate of drug-likeness (QED) is 0.564. The minimum absolute atomic E-state index is 0.160. The molecule has 0 spiro atoms. The van der Waals surface area contributed by atoms with Gasteiger partial charge >= 0.3 is 0 Å². The van der Waals surface area contributed by atoms with E-state index in [0.717, 1.165) is 34.9 Å². The fourth-order valence-electron chi connectivity index (χ4n) is 3.49. The average molecular weight is 427 g/mol. The molecule has 3 N–H and O–H groups in total. The SMILES string of the molecule is C[C@H](Sc1nccn1Cc1ccccc1)C(=O)Nc1sc2c(c1C(N)=O)CCC2. The van der Waals surface area contributed by atoms with Crippen molar-refractivity contribution in [3.05, 3.63) is 64.3 Å². The molecule has 0 aliphatic heterocycles. The number of nitrogens with one attached hydrogen (secondary N) is 1. The zero-order chi connectivity index (χ0) is 20.4. The Bertz CT molecular complexity index is 1040. The van der Waals surface area contributed by atoms with Crippen LogP contribution in [0, 0.1) is 0 Å². The molecule has 0 saturated heterocycles. The second-order valence-corrected chi connectivity index (χ2v) is 9.41. The van der Waals surface area contributed by atoms with Gasteiger partial charge in [0, 0.05) is 23.8 Å². The molecule has 6 nitrogen and oxygen atoms in total. The first kappa shape index (κ1) is 19.7. The van der Waals surface area contributed by atoms with Gasteiger partial charge in [0.2, 0.25) is 5.91 Å². The van der Waals surface area contributed by atoms with Crippen molar-refractivity contribution in [3.63, 3.8) is 0 Å². The summed E-state index contributed by atoms with van der Waals surface area (Å²) in [6.45, 7) is 2.54. The lowest BCUT2D eigenvalue weighted by Crippen LogP contribution is -2.24. The Kier molecular flexibility index (Phi) is 5.73. The first-order valence-electron chi connectivity index (χ1n) is 9.50. The number of rotatable bonds is 7. The number of hydrogen-bond acceptors (Lipinski definition) is 5. The van der Waals surface area contributed by atoms with E-state index in [2.05, 4.69) is 22.4 Å². The summed E-state index contributed by atoms with van der Waals surface area (Å²) in [5.74, 6) is -0.634. The van der Waals surface area contributed by atoms with Gasteiger partial charge in [-0.1, -0.05) is 42.1 Å². The van der Waals surface area contributed by atoms with Crippen LogP contribution in [0.3, 0.4) is 0 Å². The first-order chi connectivity index (χ1) is 14.0. The van der Waals surface area contributed by atoms with Crippen molar-refractivity contribution in [1.82, 2.24) is 9.55 Å². The first-order valence-corrected chi connectivity index (χ1v) is 11.2. The van der Waals surface area contributed by atoms with Gasteiger partial charge in [-0.25, -0.2) is 4.98 Å². The molecule has 0 fully saturated rings. The van der Waals surface area contributed by atoms with Crippen molar-refractivity contribution in [2.75, 3.05) is 5.32 Å². The molecule has 2 aromatic heterocycles. The monoisotopic (exact) mass is 426 g/mol. The van der Waals surface area contributed by atoms with Crippen LogP contribution in [0.2, 0.25) is 0 Å². The molecule has 0 unspecified atom stereocenters. The van der Waals surface area contributed by atoms with E-state index >= 15 is 0 Å². The lowest BCUT2D eigenvalue weighted by molar-refractivity contribution is -0.115. The van der Waals surface area contributed by atoms with Crippen LogP contribution in [-0.2, 0) is 24.2 Å². The second-order valence-electron chi connectivity index (χ2n) is 7.00. The van der Waals surface area contributed by atoms with Crippen LogP contribution in [-0.4, -0.2) is 26.6 Å². The molecule has 29 heavy (non-hydrogen) atoms. The lowest BCUT2D eigenvalue weighted by atomic mass is 10.1. The average Bonchev–Trinajstić information content (AvgIpc) is 3.39. The molecular formula is C21H22N4O2S2. The van der Waals surface area contributed by atoms with Gasteiger partial charge in [0.15, 0.2) is 5.16 Å². The van der Waals surface area contributed by atoms with Gasteiger partial charge in [-0.2, -0.15) is 0 Å². The van der Waals surface area contributed by atoms with Crippen molar-refractivity contribution < 1.29 is 9.59 Å². The molecule has 1 aliphatic rings. The number of carbonyl (C=O) groups is 2. The molecule has 0 saturated carbocycles. The number of anilines is 1. The van der Waals surface area contributed by atoms with Crippen LogP contribution in [0.15, 0.2) is 47.9 Å². The predicted molar refractivity (Wildman–Crippen MR) is 117 cm³/mol. The molecular weight excluding hydrogens is 404 g/mol. The van der Waals surface area contributed by atoms with Gasteiger partial charge in [-0.15, -0.1) is 11.3 Å². The number of nitrogens with zero attached hydrogens (tertiary/aromatic N) is 2. The molecule has 0 radical (unpaired) electrons. The van der Waals surface area contributed by atoms with Crippen LogP contribution in [0.25, 0.3) is 0 Å². The van der Waals surface area contributed by atoms with Gasteiger partial charge in [-0.05, 0) is 37.3 Å². The van der Waals surface area contributed by atoms with Crippen molar-refractivity contribution in [1.29, 1.82) is 0 Å². The maximum Gasteiger partial charge on any atom is 0.251 e. The third kappa shape index (κ3) is 4.23. The zero-order valence-electron chi connectivity index (χ0n) is 16.1. The molecule has 3 aromatic rings. The fourth-order valence-corrected chi connectivity index (χ4v) is 5.65. The molecule has 150 valence electrons. The number of amides is 2. The molecule has 4 rings (SSSR count). The highest BCUT2D eigenvalue weighted by Gasteiger charge is 2.27. The van der Waals surface area contributed by atoms with Crippen LogP contribution in [0.4, 0.5) is 5.00 Å². The predicted octanol–water partition coefficient (Wildman–Crippen LogP) is 3.70. The summed E-state index contributed by atoms with van der Waals surface area (Å²) < 4.78 is 2.03. The topological polar surface area (TPSA) is 90.0 Å². The van der Waals surface area contributed by atoms with E-state index in [1.165, 1.54) is 28.7 Å². The third-order valence-corrected chi connectivity index (χ3v) is 7.25. The maximum absolute atomic E-state index is 12.8. The summed E-state index contributed by atoms with van der Waals surface area (Å²) in [6.07, 6.45) is 6.48. The smallest absolute Gasteiger partial charge is 0.251 e. The lowest BCUT2D eigenvalue weighted by Gasteiger charge is -2.13. The highest BCUT2D eigenvalue weighted by atomic mass is 32.2. The van der Waals surface area contributed by atoms with E-state index in [1.807, 2.05) is 35.9 Å². The molecule has 2 amide bonds. The van der Waals surface area contributed by atoms with Gasteiger partial charge < -0.3 is 15.6 Å². The van der Waals surface area contributed by atoms with Gasteiger partial charge in [0.05, 0.1) is 10.8 Å². The standard InChI is InChI=1S/C21H22N4O2S2/c1-13(28-21-23-10-11-25(21)12-14-6-3-2-4-7-14)19(27)24-20-17(18(22)26)15-8-5-9-16(15)29-20/h2-4,6-7,10-11,13H,5,8-9,12H2,1H3,(H2,22,26)(H,24,27)/t13-/m0/s1. The number of thiophene rings is 1. The number of nitrogens with two attached hydrogens (primary N) is 1. The Hall–Kier alpha value is -2.58. The minimum atomic E-state index is -0.474. The summed E-state index contributed by atoms with van der Waals surface area (Å²) >= 11 is 2.87. The van der Waals surface area contributed by atoms with E-state index in [9.17, 15) is 9.59 Å². The zero-order valence-corrected chi connectivity index (χ0v) is 17.7. The Morgan fingerprint density at radius 3 is 2.86 bits per heavy atom. The van der Waals surface area contributed by atoms with Crippen LogP contribution in [0.5, 0.6) is 0 Å². The minimum Gasteiger partial charge on any atom is -0.365 e. The Labute approximate surface area is 177 Å². The van der Waals surface area contributed by atoms with E-state index in [1.54, 1.807) is 6.20 Å². The molecule has 0 bridgehead atoms. The van der Waals surface area contributed by atoms with E-state index < -0.39 is 5.91 Å². The summed E-state index contributed by atoms with van der Waals surface area (Å²) in [5.41, 5.74) is 8.25. The normalized spacial score (nSPS) is 13.8. The largest absolute Gasteiger partial charge is 0.365 e. The van der Waals surface area contributed by atoms with E-state index in [0.29, 0.717) is 17.1 Å². The number of primary amides is 1. The molecule has 2 heterocycles. The van der Waals surface area contributed by atoms with Crippen molar-refractivity contribution >= 4 is 39.9 Å². The van der Waals surface area contributed by atoms with Crippen molar-refractivity contribution in [3.8, 4) is 0 Å². The summed E-state index contributed by atoms with van der Waals surface area (Å²) in [7, 11) is 0. The van der Waals surface area contributed by atoms with Crippen LogP contribution in [0.1, 0.15) is 39.7 Å². The maximum atomic E-state index is 12.8. The molecule has 1 aliphatic carbocycles. The number of fused-ring (bicyclic) bond motifs is 1. The number of thioether (sulfide) groups is 1. The Morgan fingerprint density at radius 2 is 2.10 bits per heavy atom. The summed E-state index contributed by atoms with van der Waals surface area (Å²) in [6, 6.07) is 10.1. The number of hydrogen-bond donors (Lipinski definition) is 2. The number of benzene rings is 1. The number of carbonyl (C=O) groups excluding carboxylic acids is 2. The van der Waals surface area contributed by atoms with Crippen molar-refractivity contribution in [2.45, 2.75) is 43.1 Å². The van der Waals surface area contributed by atoms with E-state index in [4.69, 9.17) is 5.73 Å². The summed E-state index contributed by atoms with van der Waals surface area (Å²) in [4.78, 5) is 30.3. The van der Waals surface area contributed by atoms with Gasteiger partial charge in [0.25, 0.3) is 5.91 Å². The third-order valence-electron chi connectivity index (χ3n) is 4.93. The van der Waals surface area contributed by atoms with Crippen LogP contribution < -0.4 is 11.1 Å². The number of aryl methyl sites for hydroxylation is 1. The Morgan fingerprint density at radius 1 is 1.31 bits per heavy atom. The number of aromatic nitrogens is 2. The highest BCUT2D eigenvalue weighted by molar-refractivity contribution is 8.00. The summed E-state index contributed by atoms with van der Waals surface area (Å²) in [5, 5.41) is 3.91. The molecule has 8 heteroatoms. The molecule has 1 aromatic carbocycles. The Balaban J connectivity index is 1.45. The number of imidazole rings is 1. The van der Waals surface area contributed by atoms with Gasteiger partial charge in [-0.3, -0.25) is 9.59 Å². The van der Waals surface area contributed by atoms with Crippen molar-refractivity contribution in [2.24, 2.45) is 5.73 Å². The van der Waals surface area contributed by atoms with Crippen LogP contribution >= 0.6 is 23.1 Å². The highest BCUT2D eigenvalue weighted by Crippen LogP contribution is 2.39. The van der Waals surface area contributed by atoms with E-state index in [-0.39, 0.29) is 11.2 Å². The second kappa shape index (κ2) is 8.42. The van der Waals surface area contributed by atoms with Gasteiger partial charge in [0.1, 0.15) is 5.00 Å². The molecule has 1 atom stereocenters.